The Balaban J connectivity index is 2.66. The fourth-order valence-electron chi connectivity index (χ4n) is 1.69. The topological polar surface area (TPSA) is 73.6 Å². The van der Waals surface area contributed by atoms with Crippen LogP contribution in [0.4, 0.5) is 0 Å². The monoisotopic (exact) mass is 266 g/mol. The Morgan fingerprint density at radius 2 is 2.11 bits per heavy atom. The number of rotatable bonds is 8. The highest BCUT2D eigenvalue weighted by atomic mass is 16.5. The van der Waals surface area contributed by atoms with E-state index in [1.807, 2.05) is 32.0 Å². The molecule has 1 amide bonds. The van der Waals surface area contributed by atoms with Crippen molar-refractivity contribution in [2.45, 2.75) is 26.8 Å². The van der Waals surface area contributed by atoms with E-state index >= 15 is 0 Å². The first-order chi connectivity index (χ1) is 9.22. The molecule has 0 radical (unpaired) electrons. The van der Waals surface area contributed by atoms with Gasteiger partial charge in [-0.25, -0.2) is 0 Å². The van der Waals surface area contributed by atoms with Crippen molar-refractivity contribution < 1.29 is 14.3 Å². The van der Waals surface area contributed by atoms with Gasteiger partial charge in [-0.2, -0.15) is 0 Å². The first-order valence-corrected chi connectivity index (χ1v) is 6.57. The molecular formula is C14H22N2O3. The molecule has 1 aromatic carbocycles. The van der Waals surface area contributed by atoms with Crippen molar-refractivity contribution in [3.8, 4) is 11.5 Å². The molecule has 0 fully saturated rings. The van der Waals surface area contributed by atoms with E-state index in [0.29, 0.717) is 44.2 Å². The van der Waals surface area contributed by atoms with Gasteiger partial charge in [-0.1, -0.05) is 12.1 Å². The summed E-state index contributed by atoms with van der Waals surface area (Å²) in [4.78, 5) is 11.4. The molecule has 5 heteroatoms. The third-order valence-electron chi connectivity index (χ3n) is 2.53. The number of nitrogens with two attached hydrogens (primary N) is 1. The molecule has 5 nitrogen and oxygen atoms in total. The zero-order chi connectivity index (χ0) is 14.1. The van der Waals surface area contributed by atoms with Gasteiger partial charge in [0.15, 0.2) is 11.5 Å². The average Bonchev–Trinajstić information content (AvgIpc) is 2.41. The molecule has 0 atom stereocenters. The Labute approximate surface area is 114 Å². The Hall–Kier alpha value is -1.75. The van der Waals surface area contributed by atoms with E-state index < -0.39 is 0 Å². The first-order valence-electron chi connectivity index (χ1n) is 6.57. The molecule has 0 unspecified atom stereocenters. The predicted octanol–water partition coefficient (Wildman–Crippen LogP) is 1.45. The molecule has 3 N–H and O–H groups in total. The third-order valence-corrected chi connectivity index (χ3v) is 2.53. The highest BCUT2D eigenvalue weighted by Crippen LogP contribution is 2.31. The molecule has 0 aromatic heterocycles. The molecule has 19 heavy (non-hydrogen) atoms. The Kier molecular flexibility index (Phi) is 6.74. The highest BCUT2D eigenvalue weighted by molar-refractivity contribution is 5.75. The van der Waals surface area contributed by atoms with Crippen LogP contribution in [0.3, 0.4) is 0 Å². The summed E-state index contributed by atoms with van der Waals surface area (Å²) < 4.78 is 11.2. The maximum atomic E-state index is 11.4. The van der Waals surface area contributed by atoms with Crippen molar-refractivity contribution in [1.82, 2.24) is 5.32 Å². The quantitative estimate of drug-likeness (QED) is 0.747. The van der Waals surface area contributed by atoms with E-state index in [1.165, 1.54) is 0 Å². The molecule has 0 saturated heterocycles. The van der Waals surface area contributed by atoms with Crippen LogP contribution in [0.1, 0.15) is 25.8 Å². The molecule has 106 valence electrons. The van der Waals surface area contributed by atoms with E-state index in [2.05, 4.69) is 5.32 Å². The molecule has 0 heterocycles. The summed E-state index contributed by atoms with van der Waals surface area (Å²) in [6.45, 7) is 5.66. The maximum absolute atomic E-state index is 11.4. The number of carbonyl (C=O) groups is 1. The largest absolute Gasteiger partial charge is 0.490 e. The van der Waals surface area contributed by atoms with Gasteiger partial charge >= 0.3 is 0 Å². The van der Waals surface area contributed by atoms with E-state index in [9.17, 15) is 4.79 Å². The van der Waals surface area contributed by atoms with Crippen LogP contribution in [0.25, 0.3) is 0 Å². The number of ether oxygens (including phenoxy) is 2. The van der Waals surface area contributed by atoms with Gasteiger partial charge in [-0.05, 0) is 19.9 Å². The van der Waals surface area contributed by atoms with Crippen LogP contribution in [0.5, 0.6) is 11.5 Å². The lowest BCUT2D eigenvalue weighted by Gasteiger charge is -2.15. The van der Waals surface area contributed by atoms with E-state index in [0.717, 1.165) is 5.56 Å². The molecule has 0 spiro atoms. The van der Waals surface area contributed by atoms with Gasteiger partial charge in [-0.3, -0.25) is 4.79 Å². The van der Waals surface area contributed by atoms with Crippen molar-refractivity contribution in [2.75, 3.05) is 19.8 Å². The Morgan fingerprint density at radius 1 is 1.32 bits per heavy atom. The maximum Gasteiger partial charge on any atom is 0.223 e. The number of nitrogens with one attached hydrogen (secondary N) is 1. The van der Waals surface area contributed by atoms with E-state index in [1.54, 1.807) is 0 Å². The predicted molar refractivity (Wildman–Crippen MR) is 74.3 cm³/mol. The van der Waals surface area contributed by atoms with Crippen LogP contribution < -0.4 is 20.5 Å². The molecule has 0 aliphatic heterocycles. The van der Waals surface area contributed by atoms with E-state index in [4.69, 9.17) is 15.2 Å². The average molecular weight is 266 g/mol. The smallest absolute Gasteiger partial charge is 0.223 e. The normalized spacial score (nSPS) is 10.1. The number of carbonyl (C=O) groups excluding carboxylic acids is 1. The van der Waals surface area contributed by atoms with Crippen LogP contribution in [0, 0.1) is 0 Å². The van der Waals surface area contributed by atoms with Crippen molar-refractivity contribution in [3.05, 3.63) is 23.8 Å². The van der Waals surface area contributed by atoms with Crippen molar-refractivity contribution >= 4 is 5.91 Å². The summed E-state index contributed by atoms with van der Waals surface area (Å²) in [5, 5.41) is 2.73. The SMILES string of the molecule is CCNC(=O)CCOc1c(CN)cccc1OCC. The number of hydrogen-bond donors (Lipinski definition) is 2. The number of hydrogen-bond acceptors (Lipinski definition) is 4. The number of amides is 1. The minimum absolute atomic E-state index is 0.0225. The summed E-state index contributed by atoms with van der Waals surface area (Å²) in [6.07, 6.45) is 0.318. The second kappa shape index (κ2) is 8.37. The van der Waals surface area contributed by atoms with Gasteiger partial charge in [0.25, 0.3) is 0 Å². The van der Waals surface area contributed by atoms with Gasteiger partial charge in [0.1, 0.15) is 0 Å². The summed E-state index contributed by atoms with van der Waals surface area (Å²) >= 11 is 0. The molecule has 1 rings (SSSR count). The minimum atomic E-state index is -0.0225. The van der Waals surface area contributed by atoms with Crippen LogP contribution >= 0.6 is 0 Å². The minimum Gasteiger partial charge on any atom is -0.490 e. The summed E-state index contributed by atoms with van der Waals surface area (Å²) in [6, 6.07) is 5.61. The van der Waals surface area contributed by atoms with Crippen LogP contribution in [-0.2, 0) is 11.3 Å². The summed E-state index contributed by atoms with van der Waals surface area (Å²) in [5.41, 5.74) is 6.56. The van der Waals surface area contributed by atoms with Crippen molar-refractivity contribution in [2.24, 2.45) is 5.73 Å². The highest BCUT2D eigenvalue weighted by Gasteiger charge is 2.10. The van der Waals surface area contributed by atoms with Crippen molar-refractivity contribution in [1.29, 1.82) is 0 Å². The molecule has 0 aliphatic rings. The third kappa shape index (κ3) is 4.79. The molecule has 0 aliphatic carbocycles. The fourth-order valence-corrected chi connectivity index (χ4v) is 1.69. The first kappa shape index (κ1) is 15.3. The summed E-state index contributed by atoms with van der Waals surface area (Å²) in [7, 11) is 0. The fraction of sp³-hybridized carbons (Fsp3) is 0.500. The Bertz CT molecular complexity index is 408. The molecule has 1 aromatic rings. The Morgan fingerprint density at radius 3 is 2.74 bits per heavy atom. The zero-order valence-electron chi connectivity index (χ0n) is 11.6. The van der Waals surface area contributed by atoms with Crippen LogP contribution in [-0.4, -0.2) is 25.7 Å². The van der Waals surface area contributed by atoms with E-state index in [-0.39, 0.29) is 5.91 Å². The van der Waals surface area contributed by atoms with Gasteiger partial charge in [0, 0.05) is 18.7 Å². The lowest BCUT2D eigenvalue weighted by molar-refractivity contribution is -0.121. The molecule has 0 bridgehead atoms. The molecular weight excluding hydrogens is 244 g/mol. The van der Waals surface area contributed by atoms with Crippen LogP contribution in [0.2, 0.25) is 0 Å². The molecule has 0 saturated carbocycles. The number of benzene rings is 1. The lowest BCUT2D eigenvalue weighted by Crippen LogP contribution is -2.24. The van der Waals surface area contributed by atoms with Gasteiger partial charge in [-0.15, -0.1) is 0 Å². The van der Waals surface area contributed by atoms with Gasteiger partial charge in [0.05, 0.1) is 19.6 Å². The zero-order valence-corrected chi connectivity index (χ0v) is 11.6. The number of para-hydroxylation sites is 1. The summed E-state index contributed by atoms with van der Waals surface area (Å²) in [5.74, 6) is 1.28. The van der Waals surface area contributed by atoms with Crippen LogP contribution in [0.15, 0.2) is 18.2 Å². The van der Waals surface area contributed by atoms with Gasteiger partial charge < -0.3 is 20.5 Å². The lowest BCUT2D eigenvalue weighted by atomic mass is 10.2. The van der Waals surface area contributed by atoms with Gasteiger partial charge in [0.2, 0.25) is 5.91 Å². The van der Waals surface area contributed by atoms with Crippen molar-refractivity contribution in [3.63, 3.8) is 0 Å². The second-order valence-corrected chi connectivity index (χ2v) is 3.93. The second-order valence-electron chi connectivity index (χ2n) is 3.93. The standard InChI is InChI=1S/C14H22N2O3/c1-3-16-13(17)8-9-19-14-11(10-15)6-5-7-12(14)18-4-2/h5-7H,3-4,8-10,15H2,1-2H3,(H,16,17).